The van der Waals surface area contributed by atoms with Crippen molar-refractivity contribution in [2.45, 2.75) is 38.3 Å². The summed E-state index contributed by atoms with van der Waals surface area (Å²) in [4.78, 5) is 14.0. The number of hydrogen-bond acceptors (Lipinski definition) is 4. The fraction of sp³-hybridized carbons (Fsp3) is 0.714. The molecule has 2 rings (SSSR count). The topological polar surface area (TPSA) is 70.4 Å². The third-order valence-corrected chi connectivity index (χ3v) is 4.05. The first kappa shape index (κ1) is 16.3. The van der Waals surface area contributed by atoms with Crippen LogP contribution in [0.25, 0.3) is 0 Å². The zero-order chi connectivity index (χ0) is 15.1. The fourth-order valence-electron chi connectivity index (χ4n) is 2.67. The van der Waals surface area contributed by atoms with E-state index in [-0.39, 0.29) is 18.6 Å². The molecule has 0 aliphatic carbocycles. The second-order valence-corrected chi connectivity index (χ2v) is 5.83. The van der Waals surface area contributed by atoms with Crippen molar-refractivity contribution in [1.82, 2.24) is 20.0 Å². The second-order valence-electron chi connectivity index (χ2n) is 5.39. The molecule has 0 spiro atoms. The highest BCUT2D eigenvalue weighted by molar-refractivity contribution is 6.30. The Hall–Kier alpha value is -1.11. The van der Waals surface area contributed by atoms with Gasteiger partial charge in [-0.2, -0.15) is 5.10 Å². The van der Waals surface area contributed by atoms with Crippen LogP contribution in [0.5, 0.6) is 0 Å². The zero-order valence-corrected chi connectivity index (χ0v) is 12.9. The van der Waals surface area contributed by atoms with E-state index in [9.17, 15) is 9.90 Å². The van der Waals surface area contributed by atoms with Gasteiger partial charge in [0.15, 0.2) is 0 Å². The first-order valence-electron chi connectivity index (χ1n) is 7.48. The molecular formula is C14H23ClN4O2. The third-order valence-electron chi connectivity index (χ3n) is 3.85. The van der Waals surface area contributed by atoms with Crippen molar-refractivity contribution < 1.29 is 9.90 Å². The summed E-state index contributed by atoms with van der Waals surface area (Å²) in [7, 11) is 0. The molecule has 1 aliphatic rings. The fourth-order valence-corrected chi connectivity index (χ4v) is 2.82. The molecular weight excluding hydrogens is 292 g/mol. The lowest BCUT2D eigenvalue weighted by atomic mass is 10.0. The van der Waals surface area contributed by atoms with Gasteiger partial charge in [0.25, 0.3) is 0 Å². The lowest BCUT2D eigenvalue weighted by Crippen LogP contribution is -2.45. The number of aromatic nitrogens is 2. The molecule has 0 aromatic carbocycles. The van der Waals surface area contributed by atoms with Crippen LogP contribution in [0, 0.1) is 0 Å². The van der Waals surface area contributed by atoms with E-state index >= 15 is 0 Å². The van der Waals surface area contributed by atoms with Crippen LogP contribution in [0.2, 0.25) is 5.02 Å². The summed E-state index contributed by atoms with van der Waals surface area (Å²) in [6, 6.07) is 0.252. The second kappa shape index (κ2) is 8.36. The van der Waals surface area contributed by atoms with E-state index in [0.717, 1.165) is 19.5 Å². The van der Waals surface area contributed by atoms with Gasteiger partial charge in [-0.1, -0.05) is 18.0 Å². The lowest BCUT2D eigenvalue weighted by Gasteiger charge is -2.34. The highest BCUT2D eigenvalue weighted by Crippen LogP contribution is 2.15. The molecule has 21 heavy (non-hydrogen) atoms. The molecule has 1 fully saturated rings. The largest absolute Gasteiger partial charge is 0.395 e. The average molecular weight is 315 g/mol. The van der Waals surface area contributed by atoms with E-state index < -0.39 is 0 Å². The lowest BCUT2D eigenvalue weighted by molar-refractivity contribution is -0.121. The Morgan fingerprint density at radius 1 is 1.48 bits per heavy atom. The van der Waals surface area contributed by atoms with Gasteiger partial charge in [0.1, 0.15) is 0 Å². The van der Waals surface area contributed by atoms with Gasteiger partial charge in [0.05, 0.1) is 17.8 Å². The average Bonchev–Trinajstić information content (AvgIpc) is 2.91. The van der Waals surface area contributed by atoms with Crippen molar-refractivity contribution >= 4 is 17.5 Å². The Morgan fingerprint density at radius 3 is 3.05 bits per heavy atom. The monoisotopic (exact) mass is 314 g/mol. The Balaban J connectivity index is 1.62. The number of nitrogens with zero attached hydrogens (tertiary/aromatic N) is 3. The Morgan fingerprint density at radius 2 is 2.33 bits per heavy atom. The summed E-state index contributed by atoms with van der Waals surface area (Å²) in [5, 5.41) is 16.9. The number of amides is 1. The number of piperidine rings is 1. The molecule has 0 radical (unpaired) electrons. The van der Waals surface area contributed by atoms with Crippen LogP contribution in [0.1, 0.15) is 25.7 Å². The van der Waals surface area contributed by atoms with Gasteiger partial charge in [-0.05, 0) is 19.4 Å². The molecule has 2 heterocycles. The number of nitrogens with one attached hydrogen (secondary N) is 1. The smallest absolute Gasteiger partial charge is 0.221 e. The van der Waals surface area contributed by atoms with Crippen molar-refractivity contribution in [2.24, 2.45) is 0 Å². The molecule has 6 nitrogen and oxygen atoms in total. The van der Waals surface area contributed by atoms with Crippen molar-refractivity contribution in [2.75, 3.05) is 26.2 Å². The van der Waals surface area contributed by atoms with Crippen LogP contribution < -0.4 is 5.32 Å². The highest BCUT2D eigenvalue weighted by Gasteiger charge is 2.20. The third kappa shape index (κ3) is 5.30. The predicted octanol–water partition coefficient (Wildman–Crippen LogP) is 0.890. The highest BCUT2D eigenvalue weighted by atomic mass is 35.5. The number of hydrogen-bond donors (Lipinski definition) is 2. The summed E-state index contributed by atoms with van der Waals surface area (Å²) >= 11 is 5.76. The number of aliphatic hydroxyl groups is 1. The maximum atomic E-state index is 11.8. The molecule has 7 heteroatoms. The van der Waals surface area contributed by atoms with Gasteiger partial charge < -0.3 is 10.4 Å². The minimum absolute atomic E-state index is 0.0131. The van der Waals surface area contributed by atoms with E-state index in [0.29, 0.717) is 24.5 Å². The van der Waals surface area contributed by atoms with Crippen LogP contribution in [0.3, 0.4) is 0 Å². The molecule has 1 saturated heterocycles. The van der Waals surface area contributed by atoms with Crippen LogP contribution >= 0.6 is 11.6 Å². The number of carbonyl (C=O) groups is 1. The quantitative estimate of drug-likeness (QED) is 0.784. The van der Waals surface area contributed by atoms with E-state index in [1.54, 1.807) is 17.1 Å². The summed E-state index contributed by atoms with van der Waals surface area (Å²) in [5.41, 5.74) is 0. The van der Waals surface area contributed by atoms with Gasteiger partial charge in [-0.25, -0.2) is 0 Å². The van der Waals surface area contributed by atoms with E-state index in [1.165, 1.54) is 12.8 Å². The van der Waals surface area contributed by atoms with Gasteiger partial charge in [-0.15, -0.1) is 0 Å². The summed E-state index contributed by atoms with van der Waals surface area (Å²) < 4.78 is 1.66. The number of carbonyl (C=O) groups excluding carboxylic acids is 1. The van der Waals surface area contributed by atoms with Crippen LogP contribution in [0.15, 0.2) is 12.4 Å². The zero-order valence-electron chi connectivity index (χ0n) is 12.2. The summed E-state index contributed by atoms with van der Waals surface area (Å²) in [6.07, 6.45) is 7.05. The molecule has 118 valence electrons. The van der Waals surface area contributed by atoms with E-state index in [1.807, 2.05) is 0 Å². The Bertz CT molecular complexity index is 452. The molecule has 2 N–H and O–H groups in total. The SMILES string of the molecule is O=C(CCn1cc(Cl)cn1)NCCN1CCCC[C@@H]1CO. The van der Waals surface area contributed by atoms with Crippen molar-refractivity contribution in [3.8, 4) is 0 Å². The van der Waals surface area contributed by atoms with E-state index in [2.05, 4.69) is 15.3 Å². The maximum Gasteiger partial charge on any atom is 0.221 e. The summed E-state index contributed by atoms with van der Waals surface area (Å²) in [6.45, 7) is 3.15. The minimum Gasteiger partial charge on any atom is -0.395 e. The predicted molar refractivity (Wildman–Crippen MR) is 81.2 cm³/mol. The number of likely N-dealkylation sites (tertiary alicyclic amines) is 1. The number of aryl methyl sites for hydroxylation is 1. The molecule has 1 aromatic rings. The van der Waals surface area contributed by atoms with Crippen molar-refractivity contribution in [3.05, 3.63) is 17.4 Å². The van der Waals surface area contributed by atoms with E-state index in [4.69, 9.17) is 11.6 Å². The summed E-state index contributed by atoms with van der Waals surface area (Å²) in [5.74, 6) is 0.0131. The van der Waals surface area contributed by atoms with Gasteiger partial charge in [0.2, 0.25) is 5.91 Å². The van der Waals surface area contributed by atoms with Crippen molar-refractivity contribution in [3.63, 3.8) is 0 Å². The molecule has 1 aromatic heterocycles. The molecule has 1 aliphatic heterocycles. The Labute approximate surface area is 130 Å². The molecule has 0 bridgehead atoms. The van der Waals surface area contributed by atoms with Crippen molar-refractivity contribution in [1.29, 1.82) is 0 Å². The Kier molecular flexibility index (Phi) is 6.48. The normalized spacial score (nSPS) is 19.6. The number of halogens is 1. The van der Waals surface area contributed by atoms with Crippen LogP contribution in [-0.2, 0) is 11.3 Å². The first-order valence-corrected chi connectivity index (χ1v) is 7.86. The van der Waals surface area contributed by atoms with Crippen LogP contribution in [-0.4, -0.2) is 58.0 Å². The van der Waals surface area contributed by atoms with Gasteiger partial charge in [-0.3, -0.25) is 14.4 Å². The molecule has 0 saturated carbocycles. The van der Waals surface area contributed by atoms with Crippen LogP contribution in [0.4, 0.5) is 0 Å². The van der Waals surface area contributed by atoms with Gasteiger partial charge >= 0.3 is 0 Å². The molecule has 1 atom stereocenters. The minimum atomic E-state index is 0.0131. The molecule has 1 amide bonds. The maximum absolute atomic E-state index is 11.8. The van der Waals surface area contributed by atoms with Gasteiger partial charge in [0, 0.05) is 38.3 Å². The first-order chi connectivity index (χ1) is 10.2. The molecule has 0 unspecified atom stereocenters. The number of rotatable bonds is 7. The number of aliphatic hydroxyl groups excluding tert-OH is 1. The standard InChI is InChI=1S/C14H23ClN4O2/c15-12-9-17-19(10-12)7-4-14(21)16-5-8-18-6-2-1-3-13(18)11-20/h9-10,13,20H,1-8,11H2,(H,16,21)/t13-/m1/s1.